The van der Waals surface area contributed by atoms with E-state index in [2.05, 4.69) is 0 Å². The van der Waals surface area contributed by atoms with E-state index in [4.69, 9.17) is 9.47 Å². The summed E-state index contributed by atoms with van der Waals surface area (Å²) in [6.45, 7) is 3.83. The molecule has 0 saturated heterocycles. The van der Waals surface area contributed by atoms with Crippen LogP contribution >= 0.6 is 0 Å². The van der Waals surface area contributed by atoms with Crippen LogP contribution in [-0.2, 0) is 9.53 Å². The quantitative estimate of drug-likeness (QED) is 0.674. The molecule has 2 aliphatic rings. The number of hydrogen-bond acceptors (Lipinski definition) is 5. The summed E-state index contributed by atoms with van der Waals surface area (Å²) in [5.74, 6) is -0.716. The van der Waals surface area contributed by atoms with Crippen LogP contribution in [0.1, 0.15) is 43.5 Å². The van der Waals surface area contributed by atoms with E-state index in [1.165, 1.54) is 0 Å². The van der Waals surface area contributed by atoms with Crippen molar-refractivity contribution in [2.75, 3.05) is 7.11 Å². The van der Waals surface area contributed by atoms with Crippen molar-refractivity contribution in [3.8, 4) is 5.75 Å². The Bertz CT molecular complexity index is 705. The largest absolute Gasteiger partial charge is 0.497 e. The SMILES string of the molecule is COc1ccc(C(=O)OC2C=C(C)CCC3(O)C(C)CC(=O)C23)cc1. The van der Waals surface area contributed by atoms with Gasteiger partial charge in [-0.2, -0.15) is 0 Å². The van der Waals surface area contributed by atoms with Crippen molar-refractivity contribution < 1.29 is 24.2 Å². The summed E-state index contributed by atoms with van der Waals surface area (Å²) in [5.41, 5.74) is 0.296. The number of carbonyl (C=O) groups is 2. The van der Waals surface area contributed by atoms with Crippen LogP contribution in [0.15, 0.2) is 35.9 Å². The van der Waals surface area contributed by atoms with Crippen LogP contribution in [0.5, 0.6) is 5.75 Å². The highest BCUT2D eigenvalue weighted by atomic mass is 16.5. The molecule has 0 aromatic heterocycles. The van der Waals surface area contributed by atoms with Gasteiger partial charge in [0.1, 0.15) is 17.6 Å². The average Bonchev–Trinajstić information content (AvgIpc) is 2.72. The van der Waals surface area contributed by atoms with Gasteiger partial charge in [-0.25, -0.2) is 4.79 Å². The average molecular weight is 344 g/mol. The number of Topliss-reactive ketones (excluding diaryl/α,β-unsaturated/α-hetero) is 1. The third kappa shape index (κ3) is 3.21. The third-order valence-electron chi connectivity index (χ3n) is 5.51. The molecular weight excluding hydrogens is 320 g/mol. The van der Waals surface area contributed by atoms with Crippen LogP contribution in [0.3, 0.4) is 0 Å². The fourth-order valence-corrected chi connectivity index (χ4v) is 3.94. The molecule has 3 rings (SSSR count). The second kappa shape index (κ2) is 6.64. The molecule has 2 aliphatic carbocycles. The number of aliphatic hydroxyl groups is 1. The Labute approximate surface area is 147 Å². The fourth-order valence-electron chi connectivity index (χ4n) is 3.94. The highest BCUT2D eigenvalue weighted by molar-refractivity contribution is 5.91. The first-order valence-electron chi connectivity index (χ1n) is 8.62. The van der Waals surface area contributed by atoms with Crippen molar-refractivity contribution in [1.82, 2.24) is 0 Å². The van der Waals surface area contributed by atoms with Gasteiger partial charge >= 0.3 is 5.97 Å². The summed E-state index contributed by atoms with van der Waals surface area (Å²) in [6, 6.07) is 6.62. The van der Waals surface area contributed by atoms with Crippen molar-refractivity contribution in [3.63, 3.8) is 0 Å². The van der Waals surface area contributed by atoms with Gasteiger partial charge in [-0.15, -0.1) is 0 Å². The van der Waals surface area contributed by atoms with Crippen molar-refractivity contribution in [2.45, 2.75) is 44.8 Å². The predicted molar refractivity (Wildman–Crippen MR) is 92.4 cm³/mol. The zero-order chi connectivity index (χ0) is 18.2. The lowest BCUT2D eigenvalue weighted by molar-refractivity contribution is -0.130. The van der Waals surface area contributed by atoms with E-state index >= 15 is 0 Å². The fraction of sp³-hybridized carbons (Fsp3) is 0.500. The number of allylic oxidation sites excluding steroid dienone is 1. The maximum absolute atomic E-state index is 12.5. The second-order valence-corrected chi connectivity index (χ2v) is 7.15. The number of ketones is 1. The highest BCUT2D eigenvalue weighted by Crippen LogP contribution is 2.46. The molecule has 1 aromatic carbocycles. The molecule has 0 spiro atoms. The third-order valence-corrected chi connectivity index (χ3v) is 5.51. The van der Waals surface area contributed by atoms with Gasteiger partial charge in [-0.3, -0.25) is 4.79 Å². The van der Waals surface area contributed by atoms with E-state index in [1.807, 2.05) is 19.9 Å². The molecule has 1 N–H and O–H groups in total. The Hall–Kier alpha value is -2.14. The van der Waals surface area contributed by atoms with Gasteiger partial charge in [0.05, 0.1) is 24.2 Å². The van der Waals surface area contributed by atoms with Gasteiger partial charge in [0.25, 0.3) is 0 Å². The summed E-state index contributed by atoms with van der Waals surface area (Å²) in [4.78, 5) is 25.0. The monoisotopic (exact) mass is 344 g/mol. The Balaban J connectivity index is 1.86. The number of ether oxygens (including phenoxy) is 2. The van der Waals surface area contributed by atoms with Crippen LogP contribution in [-0.4, -0.2) is 35.7 Å². The van der Waals surface area contributed by atoms with E-state index in [1.54, 1.807) is 31.4 Å². The van der Waals surface area contributed by atoms with Crippen molar-refractivity contribution in [3.05, 3.63) is 41.5 Å². The van der Waals surface area contributed by atoms with Gasteiger partial charge in [0.2, 0.25) is 0 Å². The minimum atomic E-state index is -1.11. The molecule has 0 bridgehead atoms. The van der Waals surface area contributed by atoms with E-state index in [0.717, 1.165) is 5.57 Å². The zero-order valence-electron chi connectivity index (χ0n) is 14.8. The number of benzene rings is 1. The number of methoxy groups -OCH3 is 1. The molecule has 0 heterocycles. The Morgan fingerprint density at radius 3 is 2.60 bits per heavy atom. The molecule has 1 aromatic rings. The molecule has 5 nitrogen and oxygen atoms in total. The molecule has 25 heavy (non-hydrogen) atoms. The first-order valence-corrected chi connectivity index (χ1v) is 8.62. The van der Waals surface area contributed by atoms with E-state index < -0.39 is 23.6 Å². The molecule has 4 atom stereocenters. The minimum Gasteiger partial charge on any atom is -0.497 e. The van der Waals surface area contributed by atoms with Crippen LogP contribution in [0.4, 0.5) is 0 Å². The summed E-state index contributed by atoms with van der Waals surface area (Å²) < 4.78 is 10.7. The minimum absolute atomic E-state index is 0.0338. The van der Waals surface area contributed by atoms with Crippen LogP contribution in [0, 0.1) is 11.8 Å². The summed E-state index contributed by atoms with van der Waals surface area (Å²) >= 11 is 0. The number of fused-ring (bicyclic) bond motifs is 1. The lowest BCUT2D eigenvalue weighted by atomic mass is 9.79. The number of rotatable bonds is 3. The zero-order valence-corrected chi connectivity index (χ0v) is 14.8. The summed E-state index contributed by atoms with van der Waals surface area (Å²) in [5, 5.41) is 11.1. The van der Waals surface area contributed by atoms with Gasteiger partial charge in [0.15, 0.2) is 0 Å². The Kier molecular flexibility index (Phi) is 4.69. The van der Waals surface area contributed by atoms with E-state index in [9.17, 15) is 14.7 Å². The van der Waals surface area contributed by atoms with Crippen molar-refractivity contribution >= 4 is 11.8 Å². The summed E-state index contributed by atoms with van der Waals surface area (Å²) in [7, 11) is 1.56. The molecule has 0 amide bonds. The molecule has 1 fully saturated rings. The predicted octanol–water partition coefficient (Wildman–Crippen LogP) is 2.92. The number of carbonyl (C=O) groups excluding carboxylic acids is 2. The van der Waals surface area contributed by atoms with Gasteiger partial charge in [-0.1, -0.05) is 12.5 Å². The molecular formula is C20H24O5. The molecule has 5 heteroatoms. The van der Waals surface area contributed by atoms with Crippen LogP contribution < -0.4 is 4.74 Å². The Morgan fingerprint density at radius 1 is 1.28 bits per heavy atom. The summed E-state index contributed by atoms with van der Waals surface area (Å²) in [6.07, 6.45) is 2.62. The maximum atomic E-state index is 12.5. The second-order valence-electron chi connectivity index (χ2n) is 7.15. The normalized spacial score (nSPS) is 31.8. The van der Waals surface area contributed by atoms with Gasteiger partial charge < -0.3 is 14.6 Å². The topological polar surface area (TPSA) is 72.8 Å². The smallest absolute Gasteiger partial charge is 0.338 e. The van der Waals surface area contributed by atoms with Gasteiger partial charge in [-0.05, 0) is 56.0 Å². The molecule has 4 unspecified atom stereocenters. The van der Waals surface area contributed by atoms with E-state index in [0.29, 0.717) is 30.6 Å². The van der Waals surface area contributed by atoms with Crippen molar-refractivity contribution in [1.29, 1.82) is 0 Å². The first-order chi connectivity index (χ1) is 11.8. The van der Waals surface area contributed by atoms with Crippen LogP contribution in [0.2, 0.25) is 0 Å². The molecule has 0 aliphatic heterocycles. The highest BCUT2D eigenvalue weighted by Gasteiger charge is 2.56. The first kappa shape index (κ1) is 17.7. The van der Waals surface area contributed by atoms with Crippen LogP contribution in [0.25, 0.3) is 0 Å². The lowest BCUT2D eigenvalue weighted by Gasteiger charge is -2.34. The standard InChI is InChI=1S/C20H24O5/c1-12-8-9-20(23)13(2)11-16(21)18(20)17(10-12)25-19(22)14-4-6-15(24-3)7-5-14/h4-7,10,13,17-18,23H,8-9,11H2,1-3H3. The Morgan fingerprint density at radius 2 is 1.96 bits per heavy atom. The van der Waals surface area contributed by atoms with Crippen molar-refractivity contribution in [2.24, 2.45) is 11.8 Å². The van der Waals surface area contributed by atoms with E-state index in [-0.39, 0.29) is 11.7 Å². The molecule has 0 radical (unpaired) electrons. The number of hydrogen-bond donors (Lipinski definition) is 1. The molecule has 1 saturated carbocycles. The van der Waals surface area contributed by atoms with Gasteiger partial charge in [0, 0.05) is 6.42 Å². The maximum Gasteiger partial charge on any atom is 0.338 e. The lowest BCUT2D eigenvalue weighted by Crippen LogP contribution is -2.46. The number of esters is 1. The molecule has 134 valence electrons.